The number of allylic oxidation sites excluding steroid dienone is 1. The topological polar surface area (TPSA) is 40.5 Å². The van der Waals surface area contributed by atoms with E-state index in [0.29, 0.717) is 5.92 Å². The third-order valence-corrected chi connectivity index (χ3v) is 2.24. The van der Waals surface area contributed by atoms with Gasteiger partial charge in [0.25, 0.3) is 0 Å². The maximum Gasteiger partial charge on any atom is 0.0685 e. The fourth-order valence-corrected chi connectivity index (χ4v) is 1.35. The van der Waals surface area contributed by atoms with Gasteiger partial charge >= 0.3 is 0 Å². The van der Waals surface area contributed by atoms with Gasteiger partial charge < -0.3 is 10.2 Å². The second-order valence-electron chi connectivity index (χ2n) is 3.95. The third kappa shape index (κ3) is 3.50. The first kappa shape index (κ1) is 12.0. The van der Waals surface area contributed by atoms with Gasteiger partial charge in [-0.1, -0.05) is 38.1 Å². The van der Waals surface area contributed by atoms with Crippen molar-refractivity contribution in [1.82, 2.24) is 0 Å². The van der Waals surface area contributed by atoms with Gasteiger partial charge in [0.15, 0.2) is 0 Å². The lowest BCUT2D eigenvalue weighted by Gasteiger charge is -2.05. The molecule has 0 spiro atoms. The average Bonchev–Trinajstić information content (AvgIpc) is 2.25. The molecule has 0 heterocycles. The molecule has 0 atom stereocenters. The number of hydrogen-bond acceptors (Lipinski definition) is 2. The van der Waals surface area contributed by atoms with E-state index in [0.717, 1.165) is 16.7 Å². The molecular weight excluding hydrogens is 188 g/mol. The minimum atomic E-state index is -0.0285. The summed E-state index contributed by atoms with van der Waals surface area (Å²) < 4.78 is 0. The summed E-state index contributed by atoms with van der Waals surface area (Å²) in [5.74, 6) is 0.514. The van der Waals surface area contributed by atoms with Crippen molar-refractivity contribution in [1.29, 1.82) is 0 Å². The highest BCUT2D eigenvalue weighted by molar-refractivity contribution is 5.52. The summed E-state index contributed by atoms with van der Waals surface area (Å²) in [6, 6.07) is 5.71. The van der Waals surface area contributed by atoms with E-state index in [9.17, 15) is 0 Å². The highest BCUT2D eigenvalue weighted by Gasteiger charge is 2.00. The van der Waals surface area contributed by atoms with Crippen LogP contribution in [0.3, 0.4) is 0 Å². The van der Waals surface area contributed by atoms with Gasteiger partial charge in [-0.25, -0.2) is 0 Å². The van der Waals surface area contributed by atoms with Crippen LogP contribution < -0.4 is 0 Å². The van der Waals surface area contributed by atoms with Crippen molar-refractivity contribution in [2.45, 2.75) is 27.1 Å². The lowest BCUT2D eigenvalue weighted by molar-refractivity contribution is 0.260. The molecule has 1 rings (SSSR count). The molecule has 0 aliphatic carbocycles. The fourth-order valence-electron chi connectivity index (χ4n) is 1.35. The number of aliphatic hydroxyl groups is 2. The molecular formula is C13H18O2. The second-order valence-corrected chi connectivity index (χ2v) is 3.95. The van der Waals surface area contributed by atoms with Crippen LogP contribution in [0.2, 0.25) is 0 Å². The highest BCUT2D eigenvalue weighted by atomic mass is 16.3. The van der Waals surface area contributed by atoms with Gasteiger partial charge in [0.1, 0.15) is 0 Å². The molecule has 0 fully saturated rings. The van der Waals surface area contributed by atoms with Crippen LogP contribution in [0.4, 0.5) is 0 Å². The molecule has 0 amide bonds. The van der Waals surface area contributed by atoms with Crippen LogP contribution in [0.1, 0.15) is 30.5 Å². The van der Waals surface area contributed by atoms with E-state index in [1.165, 1.54) is 0 Å². The Labute approximate surface area is 90.9 Å². The zero-order chi connectivity index (χ0) is 11.3. The van der Waals surface area contributed by atoms with Crippen molar-refractivity contribution in [3.63, 3.8) is 0 Å². The molecule has 0 radical (unpaired) electrons. The lowest BCUT2D eigenvalue weighted by Crippen LogP contribution is -1.94. The van der Waals surface area contributed by atoms with E-state index in [1.807, 2.05) is 24.3 Å². The number of benzene rings is 1. The number of hydrogen-bond donors (Lipinski definition) is 2. The van der Waals surface area contributed by atoms with Gasteiger partial charge in [-0.3, -0.25) is 0 Å². The van der Waals surface area contributed by atoms with E-state index < -0.39 is 0 Å². The predicted molar refractivity (Wildman–Crippen MR) is 62.2 cm³/mol. The second kappa shape index (κ2) is 5.69. The summed E-state index contributed by atoms with van der Waals surface area (Å²) in [5.41, 5.74) is 2.65. The van der Waals surface area contributed by atoms with Gasteiger partial charge in [0, 0.05) is 0 Å². The van der Waals surface area contributed by atoms with Crippen LogP contribution in [0.15, 0.2) is 24.3 Å². The molecule has 2 heteroatoms. The molecule has 0 saturated heterocycles. The highest BCUT2D eigenvalue weighted by Crippen LogP contribution is 2.14. The fraction of sp³-hybridized carbons (Fsp3) is 0.385. The van der Waals surface area contributed by atoms with Crippen molar-refractivity contribution in [2.75, 3.05) is 0 Å². The van der Waals surface area contributed by atoms with Crippen molar-refractivity contribution in [3.05, 3.63) is 41.0 Å². The predicted octanol–water partition coefficient (Wildman–Crippen LogP) is 2.34. The summed E-state index contributed by atoms with van der Waals surface area (Å²) in [7, 11) is 0. The Hall–Kier alpha value is -1.12. The minimum Gasteiger partial charge on any atom is -0.392 e. The molecule has 0 aromatic heterocycles. The Morgan fingerprint density at radius 1 is 1.13 bits per heavy atom. The molecule has 2 nitrogen and oxygen atoms in total. The summed E-state index contributed by atoms with van der Waals surface area (Å²) in [6.45, 7) is 4.18. The Morgan fingerprint density at radius 3 is 2.33 bits per heavy atom. The first-order valence-electron chi connectivity index (χ1n) is 5.19. The standard InChI is InChI=1S/C13H18O2/c1-10(2)3-4-11-5-6-12(8-14)13(7-11)9-15/h3-7,10,14-15H,8-9H2,1-2H3/b4-3+. The number of aliphatic hydroxyl groups excluding tert-OH is 2. The monoisotopic (exact) mass is 206 g/mol. The largest absolute Gasteiger partial charge is 0.392 e. The van der Waals surface area contributed by atoms with Crippen molar-refractivity contribution in [3.8, 4) is 0 Å². The van der Waals surface area contributed by atoms with Crippen molar-refractivity contribution >= 4 is 6.08 Å². The van der Waals surface area contributed by atoms with Crippen molar-refractivity contribution in [2.24, 2.45) is 5.92 Å². The molecule has 0 unspecified atom stereocenters. The molecule has 0 bridgehead atoms. The van der Waals surface area contributed by atoms with Crippen LogP contribution in [-0.4, -0.2) is 10.2 Å². The normalized spacial score (nSPS) is 11.5. The van der Waals surface area contributed by atoms with E-state index >= 15 is 0 Å². The first-order valence-corrected chi connectivity index (χ1v) is 5.19. The van der Waals surface area contributed by atoms with Gasteiger partial charge in [0.05, 0.1) is 13.2 Å². The molecule has 0 aliphatic rings. The molecule has 82 valence electrons. The zero-order valence-corrected chi connectivity index (χ0v) is 9.27. The van der Waals surface area contributed by atoms with E-state index in [-0.39, 0.29) is 13.2 Å². The van der Waals surface area contributed by atoms with Crippen LogP contribution >= 0.6 is 0 Å². The number of rotatable bonds is 4. The Morgan fingerprint density at radius 2 is 1.80 bits per heavy atom. The maximum atomic E-state index is 9.12. The summed E-state index contributed by atoms with van der Waals surface area (Å²) >= 11 is 0. The SMILES string of the molecule is CC(C)/C=C/c1ccc(CO)c(CO)c1. The first-order chi connectivity index (χ1) is 7.17. The van der Waals surface area contributed by atoms with Crippen LogP contribution in [0.5, 0.6) is 0 Å². The van der Waals surface area contributed by atoms with E-state index in [4.69, 9.17) is 10.2 Å². The van der Waals surface area contributed by atoms with Crippen LogP contribution in [0.25, 0.3) is 6.08 Å². The molecule has 15 heavy (non-hydrogen) atoms. The summed E-state index contributed by atoms with van der Waals surface area (Å²) in [6.07, 6.45) is 4.14. The molecule has 1 aromatic carbocycles. The molecule has 2 N–H and O–H groups in total. The lowest BCUT2D eigenvalue weighted by atomic mass is 10.0. The Balaban J connectivity index is 2.93. The smallest absolute Gasteiger partial charge is 0.0685 e. The quantitative estimate of drug-likeness (QED) is 0.793. The van der Waals surface area contributed by atoms with Gasteiger partial charge in [-0.15, -0.1) is 0 Å². The molecule has 0 saturated carbocycles. The summed E-state index contributed by atoms with van der Waals surface area (Å²) in [5, 5.41) is 18.1. The zero-order valence-electron chi connectivity index (χ0n) is 9.27. The van der Waals surface area contributed by atoms with Crippen molar-refractivity contribution < 1.29 is 10.2 Å². The van der Waals surface area contributed by atoms with E-state index in [2.05, 4.69) is 19.9 Å². The maximum absolute atomic E-state index is 9.12. The van der Waals surface area contributed by atoms with Gasteiger partial charge in [-0.05, 0) is 28.7 Å². The van der Waals surface area contributed by atoms with Crippen LogP contribution in [0, 0.1) is 5.92 Å². The Kier molecular flexibility index (Phi) is 4.53. The average molecular weight is 206 g/mol. The Bertz CT molecular complexity index is 340. The van der Waals surface area contributed by atoms with E-state index in [1.54, 1.807) is 0 Å². The molecule has 1 aromatic rings. The molecule has 0 aliphatic heterocycles. The minimum absolute atomic E-state index is 0.0237. The summed E-state index contributed by atoms with van der Waals surface area (Å²) in [4.78, 5) is 0. The van der Waals surface area contributed by atoms with Crippen LogP contribution in [-0.2, 0) is 13.2 Å². The van der Waals surface area contributed by atoms with Gasteiger partial charge in [-0.2, -0.15) is 0 Å². The van der Waals surface area contributed by atoms with Gasteiger partial charge in [0.2, 0.25) is 0 Å². The third-order valence-electron chi connectivity index (χ3n) is 2.24.